The molecule has 0 aliphatic heterocycles. The molecule has 0 fully saturated rings. The van der Waals surface area contributed by atoms with E-state index < -0.39 is 0 Å². The molecule has 0 aliphatic carbocycles. The van der Waals surface area contributed by atoms with E-state index in [-0.39, 0.29) is 18.4 Å². The Morgan fingerprint density at radius 2 is 1.96 bits per heavy atom. The predicted octanol–water partition coefficient (Wildman–Crippen LogP) is 1.62. The molecule has 1 N–H and O–H groups in total. The van der Waals surface area contributed by atoms with Crippen LogP contribution in [0.5, 0.6) is 5.75 Å². The van der Waals surface area contributed by atoms with Crippen LogP contribution in [0.4, 0.5) is 0 Å². The largest absolute Gasteiger partial charge is 0.497 e. The Hall–Kier alpha value is -2.34. The van der Waals surface area contributed by atoms with Gasteiger partial charge in [0.15, 0.2) is 0 Å². The highest BCUT2D eigenvalue weighted by Crippen LogP contribution is 2.13. The molecular weight excluding hydrogens is 318 g/mol. The number of nitrogens with zero attached hydrogens (tertiary/aromatic N) is 2. The molecule has 0 unspecified atom stereocenters. The Balaban J connectivity index is 2.42. The van der Waals surface area contributed by atoms with Gasteiger partial charge < -0.3 is 19.9 Å². The summed E-state index contributed by atoms with van der Waals surface area (Å²) >= 11 is 0. The summed E-state index contributed by atoms with van der Waals surface area (Å²) in [5.41, 5.74) is 0.866. The van der Waals surface area contributed by atoms with Crippen molar-refractivity contribution in [1.82, 2.24) is 15.1 Å². The normalized spacial score (nSPS) is 10.9. The number of likely N-dealkylation sites (N-methyl/N-ethyl adjacent to an activating group) is 2. The van der Waals surface area contributed by atoms with Gasteiger partial charge in [0.2, 0.25) is 11.8 Å². The molecule has 1 rings (SSSR count). The highest BCUT2D eigenvalue weighted by Gasteiger charge is 2.10. The summed E-state index contributed by atoms with van der Waals surface area (Å²) in [5.74, 6) is 0.357. The third-order valence-corrected chi connectivity index (χ3v) is 3.91. The highest BCUT2D eigenvalue weighted by atomic mass is 16.5. The van der Waals surface area contributed by atoms with Crippen molar-refractivity contribution < 1.29 is 14.3 Å². The lowest BCUT2D eigenvalue weighted by Gasteiger charge is -2.19. The standard InChI is InChI=1S/C19H29N3O3/c1-5-22(6-2)13-12-20-18(23)15-21(3)19(24)11-10-16-8-7-9-17(14-16)25-4/h7-11,14H,5-6,12-13,15H2,1-4H3,(H,20,23)/b11-10+. The zero-order valence-electron chi connectivity index (χ0n) is 15.6. The molecule has 138 valence electrons. The molecule has 0 bridgehead atoms. The van der Waals surface area contributed by atoms with Gasteiger partial charge in [-0.1, -0.05) is 26.0 Å². The monoisotopic (exact) mass is 347 g/mol. The van der Waals surface area contributed by atoms with Crippen LogP contribution < -0.4 is 10.1 Å². The first-order valence-corrected chi connectivity index (χ1v) is 8.56. The molecule has 0 saturated carbocycles. The van der Waals surface area contributed by atoms with Gasteiger partial charge in [-0.05, 0) is 36.9 Å². The van der Waals surface area contributed by atoms with Crippen LogP contribution in [0, 0.1) is 0 Å². The summed E-state index contributed by atoms with van der Waals surface area (Å²) in [7, 11) is 3.21. The van der Waals surface area contributed by atoms with Crippen LogP contribution in [0.25, 0.3) is 6.08 Å². The molecule has 6 heteroatoms. The molecule has 0 heterocycles. The summed E-state index contributed by atoms with van der Waals surface area (Å²) in [5, 5.41) is 2.84. The summed E-state index contributed by atoms with van der Waals surface area (Å²) in [6.45, 7) is 7.53. The van der Waals surface area contributed by atoms with Crippen LogP contribution in [0.2, 0.25) is 0 Å². The second-order valence-electron chi connectivity index (χ2n) is 5.68. The van der Waals surface area contributed by atoms with E-state index >= 15 is 0 Å². The lowest BCUT2D eigenvalue weighted by molar-refractivity contribution is -0.131. The summed E-state index contributed by atoms with van der Waals surface area (Å²) in [6, 6.07) is 7.42. The average Bonchev–Trinajstić information content (AvgIpc) is 2.63. The second kappa shape index (κ2) is 11.3. The molecule has 0 aromatic heterocycles. The fourth-order valence-electron chi connectivity index (χ4n) is 2.28. The zero-order valence-corrected chi connectivity index (χ0v) is 15.6. The minimum atomic E-state index is -0.221. The van der Waals surface area contributed by atoms with Gasteiger partial charge in [-0.3, -0.25) is 9.59 Å². The zero-order chi connectivity index (χ0) is 18.7. The molecule has 0 radical (unpaired) electrons. The molecule has 0 saturated heterocycles. The van der Waals surface area contributed by atoms with Gasteiger partial charge in [0.1, 0.15) is 5.75 Å². The van der Waals surface area contributed by atoms with Crippen LogP contribution in [-0.2, 0) is 9.59 Å². The Labute approximate surface area is 150 Å². The van der Waals surface area contributed by atoms with E-state index in [1.165, 1.54) is 11.0 Å². The lowest BCUT2D eigenvalue weighted by Crippen LogP contribution is -2.40. The fourth-order valence-corrected chi connectivity index (χ4v) is 2.28. The third-order valence-electron chi connectivity index (χ3n) is 3.91. The van der Waals surface area contributed by atoms with Crippen LogP contribution in [0.3, 0.4) is 0 Å². The Bertz CT molecular complexity index is 583. The van der Waals surface area contributed by atoms with Crippen LogP contribution in [-0.4, -0.2) is 68.5 Å². The topological polar surface area (TPSA) is 61.9 Å². The number of methoxy groups -OCH3 is 1. The van der Waals surface area contributed by atoms with Gasteiger partial charge in [-0.25, -0.2) is 0 Å². The first-order valence-electron chi connectivity index (χ1n) is 8.56. The van der Waals surface area contributed by atoms with Gasteiger partial charge in [0.25, 0.3) is 0 Å². The van der Waals surface area contributed by atoms with Gasteiger partial charge in [-0.15, -0.1) is 0 Å². The average molecular weight is 347 g/mol. The number of carbonyl (C=O) groups is 2. The molecule has 2 amide bonds. The smallest absolute Gasteiger partial charge is 0.246 e. The molecular formula is C19H29N3O3. The number of ether oxygens (including phenoxy) is 1. The molecule has 0 aliphatic rings. The number of hydrogen-bond acceptors (Lipinski definition) is 4. The van der Waals surface area contributed by atoms with Gasteiger partial charge in [0, 0.05) is 26.2 Å². The van der Waals surface area contributed by atoms with E-state index in [0.29, 0.717) is 6.54 Å². The van der Waals surface area contributed by atoms with Crippen molar-refractivity contribution in [3.63, 3.8) is 0 Å². The molecule has 25 heavy (non-hydrogen) atoms. The van der Waals surface area contributed by atoms with Crippen molar-refractivity contribution in [3.8, 4) is 5.75 Å². The van der Waals surface area contributed by atoms with E-state index in [9.17, 15) is 9.59 Å². The van der Waals surface area contributed by atoms with Crippen molar-refractivity contribution in [2.45, 2.75) is 13.8 Å². The molecule has 6 nitrogen and oxygen atoms in total. The number of nitrogens with one attached hydrogen (secondary N) is 1. The number of carbonyl (C=O) groups excluding carboxylic acids is 2. The van der Waals surface area contributed by atoms with Crippen molar-refractivity contribution in [1.29, 1.82) is 0 Å². The Kier molecular flexibility index (Phi) is 9.32. The van der Waals surface area contributed by atoms with E-state index in [2.05, 4.69) is 24.1 Å². The van der Waals surface area contributed by atoms with Crippen molar-refractivity contribution in [2.75, 3.05) is 46.9 Å². The number of rotatable bonds is 10. The maximum atomic E-state index is 12.1. The minimum absolute atomic E-state index is 0.0412. The van der Waals surface area contributed by atoms with Crippen LogP contribution >= 0.6 is 0 Å². The molecule has 0 atom stereocenters. The predicted molar refractivity (Wildman–Crippen MR) is 100 cm³/mol. The molecule has 1 aromatic rings. The van der Waals surface area contributed by atoms with E-state index in [1.807, 2.05) is 24.3 Å². The fraction of sp³-hybridized carbons (Fsp3) is 0.474. The van der Waals surface area contributed by atoms with Gasteiger partial charge in [0.05, 0.1) is 13.7 Å². The third kappa shape index (κ3) is 7.85. The van der Waals surface area contributed by atoms with E-state index in [1.54, 1.807) is 20.2 Å². The van der Waals surface area contributed by atoms with E-state index in [4.69, 9.17) is 4.74 Å². The van der Waals surface area contributed by atoms with Gasteiger partial charge >= 0.3 is 0 Å². The highest BCUT2D eigenvalue weighted by molar-refractivity contribution is 5.94. The van der Waals surface area contributed by atoms with Crippen LogP contribution in [0.15, 0.2) is 30.3 Å². The Morgan fingerprint density at radius 3 is 2.60 bits per heavy atom. The molecule has 1 aromatic carbocycles. The SMILES string of the molecule is CCN(CC)CCNC(=O)CN(C)C(=O)/C=C/c1cccc(OC)c1. The van der Waals surface area contributed by atoms with Crippen molar-refractivity contribution >= 4 is 17.9 Å². The number of amides is 2. The summed E-state index contributed by atoms with van der Waals surface area (Å²) in [6.07, 6.45) is 3.16. The van der Waals surface area contributed by atoms with Crippen LogP contribution in [0.1, 0.15) is 19.4 Å². The number of benzene rings is 1. The summed E-state index contributed by atoms with van der Waals surface area (Å²) in [4.78, 5) is 27.6. The first kappa shape index (κ1) is 20.7. The van der Waals surface area contributed by atoms with E-state index in [0.717, 1.165) is 30.9 Å². The number of hydrogen-bond donors (Lipinski definition) is 1. The van der Waals surface area contributed by atoms with Gasteiger partial charge in [-0.2, -0.15) is 0 Å². The summed E-state index contributed by atoms with van der Waals surface area (Å²) < 4.78 is 5.15. The maximum absolute atomic E-state index is 12.1. The first-order chi connectivity index (χ1) is 12.0. The van der Waals surface area contributed by atoms with Crippen molar-refractivity contribution in [2.24, 2.45) is 0 Å². The quantitative estimate of drug-likeness (QED) is 0.654. The van der Waals surface area contributed by atoms with Crippen molar-refractivity contribution in [3.05, 3.63) is 35.9 Å². The Morgan fingerprint density at radius 1 is 1.24 bits per heavy atom. The lowest BCUT2D eigenvalue weighted by atomic mass is 10.2. The molecule has 0 spiro atoms. The second-order valence-corrected chi connectivity index (χ2v) is 5.68. The minimum Gasteiger partial charge on any atom is -0.497 e. The maximum Gasteiger partial charge on any atom is 0.246 e.